The minimum atomic E-state index is -0.907. The Morgan fingerprint density at radius 3 is 2.54 bits per heavy atom. The van der Waals surface area contributed by atoms with Crippen molar-refractivity contribution in [3.63, 3.8) is 0 Å². The molecule has 4 nitrogen and oxygen atoms in total. The fraction of sp³-hybridized carbons (Fsp3) is 0.714. The molecule has 0 heterocycles. The van der Waals surface area contributed by atoms with Gasteiger partial charge in [0.2, 0.25) is 0 Å². The fourth-order valence-electron chi connectivity index (χ4n) is 0.479. The lowest BCUT2D eigenvalue weighted by Gasteiger charge is -2.24. The van der Waals surface area contributed by atoms with Crippen LogP contribution in [0.15, 0.2) is 0 Å². The molecule has 0 aliphatic rings. The maximum Gasteiger partial charge on any atom is 0.313 e. The second kappa shape index (κ2) is 5.41. The molecule has 0 aliphatic heterocycles. The van der Waals surface area contributed by atoms with Gasteiger partial charge in [0, 0.05) is 0 Å². The zero-order chi connectivity index (χ0) is 10.5. The third kappa shape index (κ3) is 6.80. The lowest BCUT2D eigenvalue weighted by molar-refractivity contribution is -0.133. The molecule has 0 radical (unpaired) electrons. The Morgan fingerprint density at radius 1 is 1.62 bits per heavy atom. The second-order valence-electron chi connectivity index (χ2n) is 3.14. The van der Waals surface area contributed by atoms with Gasteiger partial charge >= 0.3 is 5.97 Å². The molecule has 0 amide bonds. The predicted molar refractivity (Wildman–Crippen MR) is 57.0 cm³/mol. The maximum atomic E-state index is 10.2. The Morgan fingerprint density at radius 2 is 2.15 bits per heavy atom. The molecule has 6 heteroatoms. The molecule has 0 atom stereocenters. The monoisotopic (exact) mass is 223 g/mol. The van der Waals surface area contributed by atoms with E-state index in [1.165, 1.54) is 0 Å². The Kier molecular flexibility index (Phi) is 5.27. The van der Waals surface area contributed by atoms with E-state index in [1.54, 1.807) is 13.8 Å². The van der Waals surface area contributed by atoms with Gasteiger partial charge in [-0.1, -0.05) is 24.0 Å². The lowest BCUT2D eigenvalue weighted by atomic mass is 10.1. The molecule has 0 aromatic carbocycles. The zero-order valence-corrected chi connectivity index (χ0v) is 9.17. The predicted octanol–water partition coefficient (Wildman–Crippen LogP) is 0.450. The van der Waals surface area contributed by atoms with Crippen LogP contribution in [0.2, 0.25) is 0 Å². The van der Waals surface area contributed by atoms with Gasteiger partial charge in [0.1, 0.15) is 4.32 Å². The number of nitrogens with one attached hydrogen (secondary N) is 1. The summed E-state index contributed by atoms with van der Waals surface area (Å²) in [5.74, 6) is -0.969. The molecule has 0 rings (SSSR count). The fourth-order valence-corrected chi connectivity index (χ4v) is 1.54. The molecule has 0 fully saturated rings. The van der Waals surface area contributed by atoms with Crippen LogP contribution in [-0.2, 0) is 4.79 Å². The first-order valence-electron chi connectivity index (χ1n) is 3.65. The third-order valence-electron chi connectivity index (χ3n) is 1.16. The van der Waals surface area contributed by atoms with Gasteiger partial charge in [-0.25, -0.2) is 0 Å². The van der Waals surface area contributed by atoms with Gasteiger partial charge in [-0.2, -0.15) is 0 Å². The number of aliphatic hydroxyl groups is 1. The average Bonchev–Trinajstić information content (AvgIpc) is 2.00. The molecule has 76 valence electrons. The SMILES string of the molecule is CC(C)(CO)NC(=S)SCC(=O)O. The van der Waals surface area contributed by atoms with Crippen LogP contribution in [0.4, 0.5) is 0 Å². The van der Waals surface area contributed by atoms with Crippen LogP contribution in [0.1, 0.15) is 13.8 Å². The Labute approximate surface area is 86.7 Å². The van der Waals surface area contributed by atoms with Crippen LogP contribution in [0.5, 0.6) is 0 Å². The largest absolute Gasteiger partial charge is 0.481 e. The summed E-state index contributed by atoms with van der Waals surface area (Å²) < 4.78 is 0.390. The van der Waals surface area contributed by atoms with Gasteiger partial charge < -0.3 is 15.5 Å². The van der Waals surface area contributed by atoms with E-state index < -0.39 is 11.5 Å². The van der Waals surface area contributed by atoms with Gasteiger partial charge in [-0.15, -0.1) is 0 Å². The highest BCUT2D eigenvalue weighted by Crippen LogP contribution is 2.07. The number of thiocarbonyl (C=S) groups is 1. The van der Waals surface area contributed by atoms with Gasteiger partial charge in [0.05, 0.1) is 17.9 Å². The average molecular weight is 223 g/mol. The number of carbonyl (C=O) groups is 1. The van der Waals surface area contributed by atoms with Crippen LogP contribution in [0.3, 0.4) is 0 Å². The molecule has 3 N–H and O–H groups in total. The number of aliphatic hydroxyl groups excluding tert-OH is 1. The van der Waals surface area contributed by atoms with Crippen LogP contribution in [0, 0.1) is 0 Å². The van der Waals surface area contributed by atoms with Crippen molar-refractivity contribution in [2.45, 2.75) is 19.4 Å². The highest BCUT2D eigenvalue weighted by Gasteiger charge is 2.17. The second-order valence-corrected chi connectivity index (χ2v) is 4.79. The molecule has 0 saturated carbocycles. The first-order valence-corrected chi connectivity index (χ1v) is 5.04. The van der Waals surface area contributed by atoms with Crippen LogP contribution in [-0.4, -0.2) is 38.4 Å². The van der Waals surface area contributed by atoms with E-state index >= 15 is 0 Å². The quantitative estimate of drug-likeness (QED) is 0.601. The highest BCUT2D eigenvalue weighted by molar-refractivity contribution is 8.23. The summed E-state index contributed by atoms with van der Waals surface area (Å²) in [6.07, 6.45) is 0. The summed E-state index contributed by atoms with van der Waals surface area (Å²) in [7, 11) is 0. The molecule has 0 aromatic rings. The maximum absolute atomic E-state index is 10.2. The molecular weight excluding hydrogens is 210 g/mol. The van der Waals surface area contributed by atoms with Gasteiger partial charge in [0.25, 0.3) is 0 Å². The number of hydrogen-bond donors (Lipinski definition) is 3. The van der Waals surface area contributed by atoms with E-state index in [4.69, 9.17) is 22.4 Å². The Bertz CT molecular complexity index is 206. The van der Waals surface area contributed by atoms with Crippen molar-refractivity contribution in [3.8, 4) is 0 Å². The van der Waals surface area contributed by atoms with Gasteiger partial charge in [-0.05, 0) is 13.8 Å². The van der Waals surface area contributed by atoms with Crippen molar-refractivity contribution >= 4 is 34.3 Å². The van der Waals surface area contributed by atoms with Crippen molar-refractivity contribution in [1.82, 2.24) is 5.32 Å². The third-order valence-corrected chi connectivity index (χ3v) is 2.37. The van der Waals surface area contributed by atoms with Gasteiger partial charge in [-0.3, -0.25) is 4.79 Å². The minimum Gasteiger partial charge on any atom is -0.481 e. The van der Waals surface area contributed by atoms with Crippen molar-refractivity contribution in [2.75, 3.05) is 12.4 Å². The smallest absolute Gasteiger partial charge is 0.313 e. The highest BCUT2D eigenvalue weighted by atomic mass is 32.2. The van der Waals surface area contributed by atoms with Crippen molar-refractivity contribution < 1.29 is 15.0 Å². The van der Waals surface area contributed by atoms with Gasteiger partial charge in [0.15, 0.2) is 0 Å². The number of thioether (sulfide) groups is 1. The number of carboxylic acids is 1. The van der Waals surface area contributed by atoms with E-state index in [9.17, 15) is 4.79 Å². The standard InChI is InChI=1S/C7H13NO3S2/c1-7(2,4-9)8-6(12)13-3-5(10)11/h9H,3-4H2,1-2H3,(H,8,12)(H,10,11). The van der Waals surface area contributed by atoms with Crippen molar-refractivity contribution in [2.24, 2.45) is 0 Å². The Balaban J connectivity index is 3.81. The summed E-state index contributed by atoms with van der Waals surface area (Å²) in [4.78, 5) is 10.2. The molecule has 13 heavy (non-hydrogen) atoms. The number of hydrogen-bond acceptors (Lipinski definition) is 4. The van der Waals surface area contributed by atoms with E-state index in [-0.39, 0.29) is 12.4 Å². The lowest BCUT2D eigenvalue weighted by Crippen LogP contribution is -2.44. The summed E-state index contributed by atoms with van der Waals surface area (Å²) in [6, 6.07) is 0. The van der Waals surface area contributed by atoms with Crippen LogP contribution in [0.25, 0.3) is 0 Å². The number of carboxylic acid groups (broad SMARTS) is 1. The van der Waals surface area contributed by atoms with Crippen LogP contribution < -0.4 is 5.32 Å². The molecule has 0 saturated heterocycles. The van der Waals surface area contributed by atoms with E-state index in [2.05, 4.69) is 5.32 Å². The summed E-state index contributed by atoms with van der Waals surface area (Å²) in [5, 5.41) is 20.1. The van der Waals surface area contributed by atoms with E-state index in [0.717, 1.165) is 11.8 Å². The van der Waals surface area contributed by atoms with E-state index in [0.29, 0.717) is 4.32 Å². The first kappa shape index (κ1) is 12.7. The topological polar surface area (TPSA) is 69.6 Å². The van der Waals surface area contributed by atoms with Crippen LogP contribution >= 0.6 is 24.0 Å². The first-order chi connectivity index (χ1) is 5.87. The zero-order valence-electron chi connectivity index (χ0n) is 7.53. The summed E-state index contributed by atoms with van der Waals surface area (Å²) >= 11 is 5.90. The normalized spacial score (nSPS) is 11.0. The Hall–Kier alpha value is -0.330. The number of aliphatic carboxylic acids is 1. The van der Waals surface area contributed by atoms with E-state index in [1.807, 2.05) is 0 Å². The molecule has 0 unspecified atom stereocenters. The molecule has 0 bridgehead atoms. The summed E-state index contributed by atoms with van der Waals surface area (Å²) in [6.45, 7) is 3.50. The van der Waals surface area contributed by atoms with Crippen molar-refractivity contribution in [1.29, 1.82) is 0 Å². The summed E-state index contributed by atoms with van der Waals surface area (Å²) in [5.41, 5.74) is -0.497. The molecule has 0 spiro atoms. The minimum absolute atomic E-state index is 0.0548. The molecule has 0 aliphatic carbocycles. The molecular formula is C7H13NO3S2. The molecule has 0 aromatic heterocycles. The number of rotatable bonds is 4. The van der Waals surface area contributed by atoms with Crippen molar-refractivity contribution in [3.05, 3.63) is 0 Å².